The summed E-state index contributed by atoms with van der Waals surface area (Å²) in [4.78, 5) is 0. The van der Waals surface area contributed by atoms with Crippen LogP contribution in [0.3, 0.4) is 0 Å². The number of benzene rings is 3. The minimum absolute atomic E-state index is 0.775. The van der Waals surface area contributed by atoms with Crippen LogP contribution in [0.1, 0.15) is 16.7 Å². The molecule has 3 aromatic carbocycles. The number of hydrogen-bond acceptors (Lipinski definition) is 4. The molecule has 0 N–H and O–H groups in total. The SMILES string of the molecule is COc1ccccc1-c1nnc(SCc2cc(C)ccc2C)n1-c1ccccc1. The van der Waals surface area contributed by atoms with Gasteiger partial charge in [0.1, 0.15) is 5.75 Å². The molecule has 0 spiro atoms. The van der Waals surface area contributed by atoms with E-state index < -0.39 is 0 Å². The highest BCUT2D eigenvalue weighted by atomic mass is 32.2. The van der Waals surface area contributed by atoms with Crippen LogP contribution < -0.4 is 4.74 Å². The van der Waals surface area contributed by atoms with Crippen molar-refractivity contribution in [3.8, 4) is 22.8 Å². The second-order valence-corrected chi connectivity index (χ2v) is 7.84. The van der Waals surface area contributed by atoms with Gasteiger partial charge in [0, 0.05) is 11.4 Å². The molecule has 0 saturated heterocycles. The fourth-order valence-corrected chi connectivity index (χ4v) is 4.29. The second kappa shape index (κ2) is 8.53. The number of methoxy groups -OCH3 is 1. The van der Waals surface area contributed by atoms with Gasteiger partial charge in [-0.3, -0.25) is 4.57 Å². The smallest absolute Gasteiger partial charge is 0.196 e. The Morgan fingerprint density at radius 1 is 0.897 bits per heavy atom. The fourth-order valence-electron chi connectivity index (χ4n) is 3.28. The van der Waals surface area contributed by atoms with Crippen molar-refractivity contribution in [3.63, 3.8) is 0 Å². The van der Waals surface area contributed by atoms with Gasteiger partial charge >= 0.3 is 0 Å². The molecule has 4 nitrogen and oxygen atoms in total. The molecule has 146 valence electrons. The van der Waals surface area contributed by atoms with Crippen LogP contribution in [0, 0.1) is 13.8 Å². The Bertz CT molecular complexity index is 1120. The number of aromatic nitrogens is 3. The zero-order valence-corrected chi connectivity index (χ0v) is 17.6. The minimum Gasteiger partial charge on any atom is -0.496 e. The van der Waals surface area contributed by atoms with Crippen molar-refractivity contribution in [2.45, 2.75) is 24.8 Å². The maximum absolute atomic E-state index is 5.57. The first kappa shape index (κ1) is 19.3. The maximum Gasteiger partial charge on any atom is 0.196 e. The summed E-state index contributed by atoms with van der Waals surface area (Å²) in [6.07, 6.45) is 0. The monoisotopic (exact) mass is 401 g/mol. The summed E-state index contributed by atoms with van der Waals surface area (Å²) in [7, 11) is 1.68. The van der Waals surface area contributed by atoms with Gasteiger partial charge < -0.3 is 4.74 Å². The zero-order chi connectivity index (χ0) is 20.2. The van der Waals surface area contributed by atoms with Crippen molar-refractivity contribution in [1.29, 1.82) is 0 Å². The number of thioether (sulfide) groups is 1. The van der Waals surface area contributed by atoms with E-state index in [1.165, 1.54) is 16.7 Å². The van der Waals surface area contributed by atoms with Gasteiger partial charge in [0.15, 0.2) is 11.0 Å². The summed E-state index contributed by atoms with van der Waals surface area (Å²) >= 11 is 1.70. The van der Waals surface area contributed by atoms with E-state index in [0.717, 1.165) is 33.7 Å². The molecule has 0 aliphatic rings. The lowest BCUT2D eigenvalue weighted by Gasteiger charge is -2.13. The van der Waals surface area contributed by atoms with E-state index in [-0.39, 0.29) is 0 Å². The van der Waals surface area contributed by atoms with E-state index in [0.29, 0.717) is 0 Å². The van der Waals surface area contributed by atoms with Crippen molar-refractivity contribution in [3.05, 3.63) is 89.5 Å². The third-order valence-corrected chi connectivity index (χ3v) is 5.83. The molecule has 0 fully saturated rings. The summed E-state index contributed by atoms with van der Waals surface area (Å²) in [5.41, 5.74) is 5.83. The first-order valence-electron chi connectivity index (χ1n) is 9.50. The molecule has 29 heavy (non-hydrogen) atoms. The molecule has 5 heteroatoms. The molecule has 4 rings (SSSR count). The van der Waals surface area contributed by atoms with Crippen LogP contribution in [-0.4, -0.2) is 21.9 Å². The highest BCUT2D eigenvalue weighted by molar-refractivity contribution is 7.98. The van der Waals surface area contributed by atoms with Crippen LogP contribution in [0.15, 0.2) is 78.0 Å². The number of rotatable bonds is 6. The number of aryl methyl sites for hydroxylation is 2. The van der Waals surface area contributed by atoms with Crippen LogP contribution in [0.5, 0.6) is 5.75 Å². The number of hydrogen-bond donors (Lipinski definition) is 0. The first-order valence-corrected chi connectivity index (χ1v) is 10.5. The van der Waals surface area contributed by atoms with Gasteiger partial charge in [0.2, 0.25) is 0 Å². The highest BCUT2D eigenvalue weighted by Gasteiger charge is 2.19. The molecule has 0 atom stereocenters. The molecule has 0 aliphatic heterocycles. The number of para-hydroxylation sites is 2. The first-order chi connectivity index (χ1) is 14.2. The fraction of sp³-hybridized carbons (Fsp3) is 0.167. The molecule has 1 aromatic heterocycles. The second-order valence-electron chi connectivity index (χ2n) is 6.90. The number of nitrogens with zero attached hydrogens (tertiary/aromatic N) is 3. The standard InChI is InChI=1S/C24H23N3OS/c1-17-13-14-18(2)19(15-17)16-29-24-26-25-23(21-11-7-8-12-22(21)28-3)27(24)20-9-5-4-6-10-20/h4-15H,16H2,1-3H3. The van der Waals surface area contributed by atoms with Gasteiger partial charge in [-0.15, -0.1) is 10.2 Å². The Morgan fingerprint density at radius 3 is 2.45 bits per heavy atom. The van der Waals surface area contributed by atoms with Gasteiger partial charge in [-0.05, 0) is 49.2 Å². The van der Waals surface area contributed by atoms with Gasteiger partial charge in [0.25, 0.3) is 0 Å². The highest BCUT2D eigenvalue weighted by Crippen LogP contribution is 2.34. The molecular formula is C24H23N3OS. The predicted molar refractivity (Wildman–Crippen MR) is 119 cm³/mol. The summed E-state index contributed by atoms with van der Waals surface area (Å²) in [5.74, 6) is 2.39. The molecular weight excluding hydrogens is 378 g/mol. The Kier molecular flexibility index (Phi) is 5.67. The minimum atomic E-state index is 0.775. The van der Waals surface area contributed by atoms with E-state index in [1.807, 2.05) is 42.5 Å². The van der Waals surface area contributed by atoms with Crippen molar-refractivity contribution in [2.75, 3.05) is 7.11 Å². The normalized spacial score (nSPS) is 10.9. The maximum atomic E-state index is 5.57. The molecule has 0 saturated carbocycles. The van der Waals surface area contributed by atoms with E-state index >= 15 is 0 Å². The summed E-state index contributed by atoms with van der Waals surface area (Å²) in [6.45, 7) is 4.28. The molecule has 0 bridgehead atoms. The molecule has 0 unspecified atom stereocenters. The average Bonchev–Trinajstić information content (AvgIpc) is 3.18. The third-order valence-electron chi connectivity index (χ3n) is 4.86. The lowest BCUT2D eigenvalue weighted by molar-refractivity contribution is 0.416. The molecule has 4 aromatic rings. The van der Waals surface area contributed by atoms with Gasteiger partial charge in [0.05, 0.1) is 12.7 Å². The van der Waals surface area contributed by atoms with Crippen molar-refractivity contribution < 1.29 is 4.74 Å². The molecule has 0 aliphatic carbocycles. The third kappa shape index (κ3) is 4.05. The number of ether oxygens (including phenoxy) is 1. The van der Waals surface area contributed by atoms with Crippen LogP contribution in [0.2, 0.25) is 0 Å². The van der Waals surface area contributed by atoms with Gasteiger partial charge in [-0.1, -0.05) is 65.9 Å². The summed E-state index contributed by atoms with van der Waals surface area (Å²) in [5, 5.41) is 9.93. The van der Waals surface area contributed by atoms with Gasteiger partial charge in [-0.25, -0.2) is 0 Å². The predicted octanol–water partition coefficient (Wildman–Crippen LogP) is 5.85. The van der Waals surface area contributed by atoms with Crippen LogP contribution in [0.25, 0.3) is 17.1 Å². The van der Waals surface area contributed by atoms with Crippen molar-refractivity contribution in [1.82, 2.24) is 14.8 Å². The average molecular weight is 402 g/mol. The van der Waals surface area contributed by atoms with Crippen molar-refractivity contribution in [2.24, 2.45) is 0 Å². The van der Waals surface area contributed by atoms with Crippen molar-refractivity contribution >= 4 is 11.8 Å². The largest absolute Gasteiger partial charge is 0.496 e. The van der Waals surface area contributed by atoms with E-state index in [9.17, 15) is 0 Å². The van der Waals surface area contributed by atoms with Crippen LogP contribution >= 0.6 is 11.8 Å². The Balaban J connectivity index is 1.77. The molecule has 1 heterocycles. The Morgan fingerprint density at radius 2 is 1.66 bits per heavy atom. The molecule has 0 amide bonds. The van der Waals surface area contributed by atoms with Crippen LogP contribution in [-0.2, 0) is 5.75 Å². The summed E-state index contributed by atoms with van der Waals surface area (Å²) in [6, 6.07) is 24.7. The van der Waals surface area contributed by atoms with Crippen LogP contribution in [0.4, 0.5) is 0 Å². The lowest BCUT2D eigenvalue weighted by atomic mass is 10.1. The van der Waals surface area contributed by atoms with Gasteiger partial charge in [-0.2, -0.15) is 0 Å². The quantitative estimate of drug-likeness (QED) is 0.380. The Hall–Kier alpha value is -3.05. The molecule has 0 radical (unpaired) electrons. The van der Waals surface area contributed by atoms with E-state index in [2.05, 4.69) is 58.9 Å². The lowest BCUT2D eigenvalue weighted by Crippen LogP contribution is -2.01. The van der Waals surface area contributed by atoms with E-state index in [4.69, 9.17) is 4.74 Å². The zero-order valence-electron chi connectivity index (χ0n) is 16.8. The Labute approximate surface area is 175 Å². The topological polar surface area (TPSA) is 39.9 Å². The summed E-state index contributed by atoms with van der Waals surface area (Å²) < 4.78 is 7.67. The van der Waals surface area contributed by atoms with E-state index in [1.54, 1.807) is 18.9 Å².